The maximum absolute atomic E-state index is 5.79. The van der Waals surface area contributed by atoms with Crippen LogP contribution in [0.4, 0.5) is 0 Å². The summed E-state index contributed by atoms with van der Waals surface area (Å²) in [6.07, 6.45) is 7.15. The number of hydrogen-bond donors (Lipinski definition) is 1. The Balaban J connectivity index is 1.80. The van der Waals surface area contributed by atoms with Gasteiger partial charge in [-0.25, -0.2) is 4.98 Å². The van der Waals surface area contributed by atoms with Crippen molar-refractivity contribution in [2.75, 3.05) is 13.2 Å². The average Bonchev–Trinajstić information content (AvgIpc) is 2.31. The second kappa shape index (κ2) is 6.60. The largest absolute Gasteiger partial charge is 0.477 e. The predicted octanol–water partition coefficient (Wildman–Crippen LogP) is 2.76. The van der Waals surface area contributed by atoms with E-state index in [1.165, 1.54) is 25.7 Å². The van der Waals surface area contributed by atoms with Crippen LogP contribution in [0.3, 0.4) is 0 Å². The number of hydrogen-bond acceptors (Lipinski definition) is 3. The van der Waals surface area contributed by atoms with Crippen molar-refractivity contribution in [2.45, 2.75) is 39.2 Å². The molecule has 0 spiro atoms. The molecule has 0 saturated heterocycles. The van der Waals surface area contributed by atoms with Gasteiger partial charge in [-0.2, -0.15) is 0 Å². The van der Waals surface area contributed by atoms with Crippen molar-refractivity contribution in [1.29, 1.82) is 0 Å². The van der Waals surface area contributed by atoms with Gasteiger partial charge >= 0.3 is 0 Å². The second-order valence-corrected chi connectivity index (χ2v) is 4.68. The Labute approximate surface area is 104 Å². The van der Waals surface area contributed by atoms with Gasteiger partial charge in [-0.1, -0.05) is 32.3 Å². The van der Waals surface area contributed by atoms with Crippen LogP contribution in [0.1, 0.15) is 38.2 Å². The Morgan fingerprint density at radius 3 is 3.06 bits per heavy atom. The van der Waals surface area contributed by atoms with E-state index in [-0.39, 0.29) is 0 Å². The van der Waals surface area contributed by atoms with E-state index in [0.717, 1.165) is 37.1 Å². The van der Waals surface area contributed by atoms with E-state index < -0.39 is 0 Å². The fourth-order valence-electron chi connectivity index (χ4n) is 2.05. The van der Waals surface area contributed by atoms with E-state index in [1.807, 2.05) is 6.07 Å². The summed E-state index contributed by atoms with van der Waals surface area (Å²) >= 11 is 0. The molecule has 0 aliphatic heterocycles. The molecule has 3 heteroatoms. The zero-order chi connectivity index (χ0) is 11.9. The summed E-state index contributed by atoms with van der Waals surface area (Å²) < 4.78 is 5.79. The van der Waals surface area contributed by atoms with Crippen molar-refractivity contribution in [3.8, 4) is 5.88 Å². The van der Waals surface area contributed by atoms with E-state index in [2.05, 4.69) is 23.3 Å². The van der Waals surface area contributed by atoms with Crippen LogP contribution in [0.25, 0.3) is 0 Å². The molecule has 1 saturated carbocycles. The van der Waals surface area contributed by atoms with Crippen molar-refractivity contribution < 1.29 is 4.74 Å². The van der Waals surface area contributed by atoms with E-state index >= 15 is 0 Å². The highest BCUT2D eigenvalue weighted by molar-refractivity contribution is 5.25. The third-order valence-corrected chi connectivity index (χ3v) is 3.41. The molecule has 1 aliphatic rings. The van der Waals surface area contributed by atoms with Crippen LogP contribution in [0.2, 0.25) is 0 Å². The van der Waals surface area contributed by atoms with Gasteiger partial charge < -0.3 is 10.1 Å². The van der Waals surface area contributed by atoms with Crippen LogP contribution >= 0.6 is 0 Å². The number of rotatable bonds is 7. The fourth-order valence-corrected chi connectivity index (χ4v) is 2.05. The average molecular weight is 234 g/mol. The molecule has 0 bridgehead atoms. The molecule has 0 atom stereocenters. The van der Waals surface area contributed by atoms with Crippen LogP contribution in [0, 0.1) is 5.92 Å². The zero-order valence-electron chi connectivity index (χ0n) is 10.6. The lowest BCUT2D eigenvalue weighted by molar-refractivity contribution is 0.216. The van der Waals surface area contributed by atoms with Crippen LogP contribution in [0.15, 0.2) is 18.3 Å². The normalized spacial score (nSPS) is 15.6. The van der Waals surface area contributed by atoms with Crippen LogP contribution in [-0.4, -0.2) is 18.1 Å². The Morgan fingerprint density at radius 1 is 1.47 bits per heavy atom. The third kappa shape index (κ3) is 3.70. The molecule has 0 radical (unpaired) electrons. The van der Waals surface area contributed by atoms with Gasteiger partial charge in [0, 0.05) is 18.3 Å². The minimum absolute atomic E-state index is 0.799. The number of pyridine rings is 1. The van der Waals surface area contributed by atoms with Gasteiger partial charge in [0.2, 0.25) is 5.88 Å². The van der Waals surface area contributed by atoms with E-state index in [4.69, 9.17) is 4.74 Å². The number of aromatic nitrogens is 1. The minimum Gasteiger partial charge on any atom is -0.477 e. The van der Waals surface area contributed by atoms with Crippen LogP contribution < -0.4 is 10.1 Å². The number of ether oxygens (including phenoxy) is 1. The van der Waals surface area contributed by atoms with Gasteiger partial charge in [0.1, 0.15) is 0 Å². The minimum atomic E-state index is 0.799. The van der Waals surface area contributed by atoms with Gasteiger partial charge in [-0.05, 0) is 24.9 Å². The molecule has 1 aromatic rings. The highest BCUT2D eigenvalue weighted by Crippen LogP contribution is 2.29. The first kappa shape index (κ1) is 12.4. The molecular weight excluding hydrogens is 212 g/mol. The van der Waals surface area contributed by atoms with Crippen molar-refractivity contribution >= 4 is 0 Å². The lowest BCUT2D eigenvalue weighted by Gasteiger charge is -2.25. The smallest absolute Gasteiger partial charge is 0.217 e. The first-order valence-corrected chi connectivity index (χ1v) is 6.67. The van der Waals surface area contributed by atoms with Gasteiger partial charge in [0.05, 0.1) is 6.61 Å². The summed E-state index contributed by atoms with van der Waals surface area (Å²) in [6, 6.07) is 4.04. The van der Waals surface area contributed by atoms with Crippen molar-refractivity contribution in [1.82, 2.24) is 10.3 Å². The Hall–Kier alpha value is -1.09. The summed E-state index contributed by atoms with van der Waals surface area (Å²) in [5, 5.41) is 3.31. The van der Waals surface area contributed by atoms with Gasteiger partial charge in [0.15, 0.2) is 0 Å². The molecule has 2 rings (SSSR count). The molecule has 94 valence electrons. The summed E-state index contributed by atoms with van der Waals surface area (Å²) in [4.78, 5) is 4.31. The van der Waals surface area contributed by atoms with Gasteiger partial charge in [0.25, 0.3) is 0 Å². The summed E-state index contributed by atoms with van der Waals surface area (Å²) in [7, 11) is 0. The van der Waals surface area contributed by atoms with E-state index in [1.54, 1.807) is 6.20 Å². The molecule has 17 heavy (non-hydrogen) atoms. The molecule has 3 nitrogen and oxygen atoms in total. The van der Waals surface area contributed by atoms with Crippen LogP contribution in [0.5, 0.6) is 5.88 Å². The van der Waals surface area contributed by atoms with Crippen LogP contribution in [-0.2, 0) is 6.54 Å². The maximum Gasteiger partial charge on any atom is 0.217 e. The molecule has 1 N–H and O–H groups in total. The molecular formula is C14H22N2O. The lowest BCUT2D eigenvalue weighted by Crippen LogP contribution is -2.16. The van der Waals surface area contributed by atoms with Crippen molar-refractivity contribution in [3.63, 3.8) is 0 Å². The molecule has 0 amide bonds. The summed E-state index contributed by atoms with van der Waals surface area (Å²) in [5.74, 6) is 1.70. The van der Waals surface area contributed by atoms with Crippen molar-refractivity contribution in [2.24, 2.45) is 5.92 Å². The first-order chi connectivity index (χ1) is 8.40. The van der Waals surface area contributed by atoms with Crippen molar-refractivity contribution in [3.05, 3.63) is 23.9 Å². The van der Waals surface area contributed by atoms with Gasteiger partial charge in [-0.15, -0.1) is 0 Å². The summed E-state index contributed by atoms with van der Waals surface area (Å²) in [5.41, 5.74) is 1.16. The molecule has 1 heterocycles. The molecule has 1 aromatic heterocycles. The molecule has 0 aromatic carbocycles. The van der Waals surface area contributed by atoms with E-state index in [0.29, 0.717) is 0 Å². The summed E-state index contributed by atoms with van der Waals surface area (Å²) in [6.45, 7) is 4.72. The first-order valence-electron chi connectivity index (χ1n) is 6.67. The number of nitrogens with one attached hydrogen (secondary N) is 1. The third-order valence-electron chi connectivity index (χ3n) is 3.41. The van der Waals surface area contributed by atoms with Gasteiger partial charge in [-0.3, -0.25) is 0 Å². The molecule has 1 fully saturated rings. The number of nitrogens with zero attached hydrogens (tertiary/aromatic N) is 1. The van der Waals surface area contributed by atoms with E-state index in [9.17, 15) is 0 Å². The Bertz CT molecular complexity index is 337. The monoisotopic (exact) mass is 234 g/mol. The quantitative estimate of drug-likeness (QED) is 0.787. The Kier molecular flexibility index (Phi) is 4.80. The highest BCUT2D eigenvalue weighted by atomic mass is 16.5. The predicted molar refractivity (Wildman–Crippen MR) is 69.1 cm³/mol. The zero-order valence-corrected chi connectivity index (χ0v) is 10.6. The Morgan fingerprint density at radius 2 is 2.35 bits per heavy atom. The fraction of sp³-hybridized carbons (Fsp3) is 0.643. The topological polar surface area (TPSA) is 34.2 Å². The second-order valence-electron chi connectivity index (χ2n) is 4.68. The lowest BCUT2D eigenvalue weighted by atomic mass is 9.83. The maximum atomic E-state index is 5.79. The highest BCUT2D eigenvalue weighted by Gasteiger charge is 2.17. The SMILES string of the molecule is CCNCc1cccnc1OCCC1CCC1. The molecule has 1 aliphatic carbocycles. The standard InChI is InChI=1S/C14H22N2O/c1-2-15-11-13-7-4-9-16-14(13)17-10-8-12-5-3-6-12/h4,7,9,12,15H,2-3,5-6,8,10-11H2,1H3. The molecule has 0 unspecified atom stereocenters.